The van der Waals surface area contributed by atoms with E-state index in [0.29, 0.717) is 6.04 Å². The van der Waals surface area contributed by atoms with Crippen LogP contribution in [0.15, 0.2) is 0 Å². The van der Waals surface area contributed by atoms with E-state index in [4.69, 9.17) is 0 Å². The Hall–Kier alpha value is -0.770. The molecule has 0 N–H and O–H groups in total. The lowest BCUT2D eigenvalue weighted by molar-refractivity contribution is 0.114. The van der Waals surface area contributed by atoms with E-state index in [9.17, 15) is 4.79 Å². The van der Waals surface area contributed by atoms with Crippen molar-refractivity contribution in [2.75, 3.05) is 39.3 Å². The van der Waals surface area contributed by atoms with Gasteiger partial charge < -0.3 is 9.80 Å². The highest BCUT2D eigenvalue weighted by Crippen LogP contribution is 2.21. The van der Waals surface area contributed by atoms with Crippen LogP contribution in [0.5, 0.6) is 0 Å². The maximum atomic E-state index is 12.2. The number of carbonyl (C=O) groups excluding carboxylic acids is 1. The number of nitrogens with zero attached hydrogens (tertiary/aromatic N) is 3. The van der Waals surface area contributed by atoms with E-state index in [1.165, 1.54) is 6.54 Å². The fraction of sp³-hybridized carbons (Fsp3) is 0.909. The molecule has 0 saturated carbocycles. The lowest BCUT2D eigenvalue weighted by Gasteiger charge is -2.37. The van der Waals surface area contributed by atoms with Gasteiger partial charge in [0.15, 0.2) is 0 Å². The van der Waals surface area contributed by atoms with Crippen LogP contribution in [0.2, 0.25) is 0 Å². The van der Waals surface area contributed by atoms with Gasteiger partial charge in [0.25, 0.3) is 0 Å². The largest absolute Gasteiger partial charge is 0.325 e. The number of urea groups is 1. The summed E-state index contributed by atoms with van der Waals surface area (Å²) >= 11 is 0. The van der Waals surface area contributed by atoms with E-state index in [1.54, 1.807) is 0 Å². The summed E-state index contributed by atoms with van der Waals surface area (Å²) in [6.07, 6.45) is 1.16. The van der Waals surface area contributed by atoms with Crippen molar-refractivity contribution in [3.05, 3.63) is 0 Å². The SMILES string of the molecule is CCN(CC)C(=O)N1CCN2CCC1C2. The lowest BCUT2D eigenvalue weighted by Crippen LogP contribution is -2.53. The van der Waals surface area contributed by atoms with Gasteiger partial charge in [-0.1, -0.05) is 0 Å². The van der Waals surface area contributed by atoms with E-state index < -0.39 is 0 Å². The molecule has 2 heterocycles. The number of fused-ring (bicyclic) bond motifs is 2. The standard InChI is InChI=1S/C11H21N3O/c1-3-13(4-2)11(15)14-8-7-12-6-5-10(14)9-12/h10H,3-9H2,1-2H3. The average Bonchev–Trinajstić information content (AvgIpc) is 2.62. The van der Waals surface area contributed by atoms with Gasteiger partial charge in [-0.15, -0.1) is 0 Å². The molecule has 2 unspecified atom stereocenters. The number of hydrogen-bond donors (Lipinski definition) is 0. The molecule has 4 heteroatoms. The Balaban J connectivity index is 2.00. The van der Waals surface area contributed by atoms with Crippen molar-refractivity contribution in [3.63, 3.8) is 0 Å². The summed E-state index contributed by atoms with van der Waals surface area (Å²) in [5.74, 6) is 0. The normalized spacial score (nSPS) is 29.3. The van der Waals surface area contributed by atoms with Crippen LogP contribution < -0.4 is 0 Å². The number of piperazine rings is 1. The van der Waals surface area contributed by atoms with Crippen LogP contribution in [0.1, 0.15) is 20.3 Å². The van der Waals surface area contributed by atoms with Crippen molar-refractivity contribution < 1.29 is 4.79 Å². The molecule has 15 heavy (non-hydrogen) atoms. The highest BCUT2D eigenvalue weighted by atomic mass is 16.2. The summed E-state index contributed by atoms with van der Waals surface area (Å²) in [6, 6.07) is 0.721. The van der Waals surface area contributed by atoms with E-state index in [2.05, 4.69) is 9.80 Å². The van der Waals surface area contributed by atoms with Gasteiger partial charge in [0.05, 0.1) is 0 Å². The average molecular weight is 211 g/mol. The lowest BCUT2D eigenvalue weighted by atomic mass is 10.2. The van der Waals surface area contributed by atoms with E-state index in [-0.39, 0.29) is 6.03 Å². The summed E-state index contributed by atoms with van der Waals surface area (Å²) in [6.45, 7) is 9.98. The van der Waals surface area contributed by atoms with Crippen molar-refractivity contribution in [1.29, 1.82) is 0 Å². The fourth-order valence-electron chi connectivity index (χ4n) is 2.63. The van der Waals surface area contributed by atoms with E-state index >= 15 is 0 Å². The van der Waals surface area contributed by atoms with Crippen molar-refractivity contribution in [1.82, 2.24) is 14.7 Å². The molecule has 2 atom stereocenters. The van der Waals surface area contributed by atoms with Crippen molar-refractivity contribution in [2.24, 2.45) is 0 Å². The molecule has 4 nitrogen and oxygen atoms in total. The second-order valence-corrected chi connectivity index (χ2v) is 4.39. The number of rotatable bonds is 2. The Morgan fingerprint density at radius 2 is 2.00 bits per heavy atom. The third-order valence-electron chi connectivity index (χ3n) is 3.63. The Morgan fingerprint density at radius 3 is 2.67 bits per heavy atom. The van der Waals surface area contributed by atoms with E-state index in [0.717, 1.165) is 39.1 Å². The van der Waals surface area contributed by atoms with Crippen LogP contribution in [-0.4, -0.2) is 66.0 Å². The third kappa shape index (κ3) is 1.95. The first-order valence-electron chi connectivity index (χ1n) is 6.04. The maximum absolute atomic E-state index is 12.2. The molecule has 2 saturated heterocycles. The molecule has 0 radical (unpaired) electrons. The molecule has 2 aliphatic heterocycles. The predicted molar refractivity (Wildman–Crippen MR) is 59.9 cm³/mol. The molecular formula is C11H21N3O. The van der Waals surface area contributed by atoms with Crippen LogP contribution in [0.4, 0.5) is 4.79 Å². The molecule has 2 rings (SSSR count). The van der Waals surface area contributed by atoms with Crippen LogP contribution in [-0.2, 0) is 0 Å². The molecule has 2 amide bonds. The zero-order chi connectivity index (χ0) is 10.8. The first kappa shape index (κ1) is 10.7. The third-order valence-corrected chi connectivity index (χ3v) is 3.63. The molecule has 86 valence electrons. The second-order valence-electron chi connectivity index (χ2n) is 4.39. The first-order valence-corrected chi connectivity index (χ1v) is 6.04. The van der Waals surface area contributed by atoms with Crippen LogP contribution >= 0.6 is 0 Å². The number of hydrogen-bond acceptors (Lipinski definition) is 2. The summed E-state index contributed by atoms with van der Waals surface area (Å²) in [5.41, 5.74) is 0. The van der Waals surface area contributed by atoms with Gasteiger partial charge in [-0.3, -0.25) is 4.90 Å². The molecule has 0 aromatic heterocycles. The van der Waals surface area contributed by atoms with Gasteiger partial charge in [-0.2, -0.15) is 0 Å². The minimum Gasteiger partial charge on any atom is -0.325 e. The van der Waals surface area contributed by atoms with Gasteiger partial charge in [0.2, 0.25) is 0 Å². The molecule has 2 fully saturated rings. The Bertz CT molecular complexity index is 240. The number of carbonyl (C=O) groups is 1. The van der Waals surface area contributed by atoms with Crippen LogP contribution in [0.3, 0.4) is 0 Å². The Kier molecular flexibility index (Phi) is 3.14. The summed E-state index contributed by atoms with van der Waals surface area (Å²) in [4.78, 5) is 18.6. The molecule has 0 aromatic carbocycles. The van der Waals surface area contributed by atoms with Crippen molar-refractivity contribution >= 4 is 6.03 Å². The predicted octanol–water partition coefficient (Wildman–Crippen LogP) is 0.838. The minimum absolute atomic E-state index is 0.242. The van der Waals surface area contributed by atoms with Crippen molar-refractivity contribution in [2.45, 2.75) is 26.3 Å². The molecule has 0 aliphatic carbocycles. The highest BCUT2D eigenvalue weighted by molar-refractivity contribution is 5.75. The molecule has 0 spiro atoms. The first-order chi connectivity index (χ1) is 7.26. The quantitative estimate of drug-likeness (QED) is 0.676. The fourth-order valence-corrected chi connectivity index (χ4v) is 2.63. The van der Waals surface area contributed by atoms with Gasteiger partial charge in [0.1, 0.15) is 0 Å². The molecule has 2 bridgehead atoms. The van der Waals surface area contributed by atoms with Gasteiger partial charge >= 0.3 is 6.03 Å². The molecule has 0 aromatic rings. The maximum Gasteiger partial charge on any atom is 0.320 e. The van der Waals surface area contributed by atoms with Gasteiger partial charge in [-0.05, 0) is 20.3 Å². The topological polar surface area (TPSA) is 26.8 Å². The Morgan fingerprint density at radius 1 is 1.27 bits per heavy atom. The van der Waals surface area contributed by atoms with Crippen LogP contribution in [0, 0.1) is 0 Å². The monoisotopic (exact) mass is 211 g/mol. The zero-order valence-corrected chi connectivity index (χ0v) is 9.78. The number of amides is 2. The highest BCUT2D eigenvalue weighted by Gasteiger charge is 2.36. The molecule has 2 aliphatic rings. The van der Waals surface area contributed by atoms with Gasteiger partial charge in [-0.25, -0.2) is 4.79 Å². The van der Waals surface area contributed by atoms with Crippen LogP contribution in [0.25, 0.3) is 0 Å². The summed E-state index contributed by atoms with van der Waals surface area (Å²) in [7, 11) is 0. The van der Waals surface area contributed by atoms with E-state index in [1.807, 2.05) is 18.7 Å². The zero-order valence-electron chi connectivity index (χ0n) is 9.78. The summed E-state index contributed by atoms with van der Waals surface area (Å²) in [5, 5.41) is 0. The smallest absolute Gasteiger partial charge is 0.320 e. The Labute approximate surface area is 91.8 Å². The van der Waals surface area contributed by atoms with Gasteiger partial charge in [0, 0.05) is 45.3 Å². The second kappa shape index (κ2) is 4.39. The molecular weight excluding hydrogens is 190 g/mol. The summed E-state index contributed by atoms with van der Waals surface area (Å²) < 4.78 is 0. The van der Waals surface area contributed by atoms with Crippen molar-refractivity contribution in [3.8, 4) is 0 Å². The minimum atomic E-state index is 0.242.